The van der Waals surface area contributed by atoms with Crippen LogP contribution < -0.4 is 22.1 Å². The summed E-state index contributed by atoms with van der Waals surface area (Å²) in [5.41, 5.74) is 22.4. The van der Waals surface area contributed by atoms with Crippen molar-refractivity contribution in [3.05, 3.63) is 252 Å². The molecular weight excluding hydrogens is 825 g/mol. The van der Waals surface area contributed by atoms with Gasteiger partial charge in [0.25, 0.3) is 0 Å². The van der Waals surface area contributed by atoms with Crippen molar-refractivity contribution in [2.75, 3.05) is 17.3 Å². The van der Waals surface area contributed by atoms with E-state index in [4.69, 9.17) is 11.5 Å². The number of hydrogen-bond donors (Lipinski definition) is 4. The summed E-state index contributed by atoms with van der Waals surface area (Å²) in [4.78, 5) is 0. The van der Waals surface area contributed by atoms with Crippen molar-refractivity contribution in [1.29, 1.82) is 0 Å². The molecule has 0 fully saturated rings. The Hall–Kier alpha value is -8.02. The third-order valence-corrected chi connectivity index (χ3v) is 13.8. The molecule has 0 spiro atoms. The molecule has 6 N–H and O–H groups in total. The third kappa shape index (κ3) is 7.54. The zero-order chi connectivity index (χ0) is 46.1. The van der Waals surface area contributed by atoms with Crippen molar-refractivity contribution in [3.63, 3.8) is 0 Å². The smallest absolute Gasteiger partial charge is 0.0628 e. The molecule has 0 aromatic heterocycles. The molecular formula is C64H54N4. The van der Waals surface area contributed by atoms with Crippen LogP contribution in [0.25, 0.3) is 75.4 Å². The Kier molecular flexibility index (Phi) is 11.5. The molecule has 0 saturated carbocycles. The Morgan fingerprint density at radius 3 is 1.28 bits per heavy atom. The Bertz CT molecular complexity index is 3760. The van der Waals surface area contributed by atoms with Crippen molar-refractivity contribution in [1.82, 2.24) is 0 Å². The molecule has 4 nitrogen and oxygen atoms in total. The molecule has 0 amide bonds. The van der Waals surface area contributed by atoms with Crippen molar-refractivity contribution in [2.24, 2.45) is 11.5 Å². The topological polar surface area (TPSA) is 76.1 Å². The second kappa shape index (κ2) is 18.3. The normalized spacial score (nSPS) is 12.4. The Morgan fingerprint density at radius 2 is 0.735 bits per heavy atom. The zero-order valence-electron chi connectivity index (χ0n) is 38.5. The summed E-state index contributed by atoms with van der Waals surface area (Å²) in [5, 5.41) is 24.8. The van der Waals surface area contributed by atoms with E-state index in [9.17, 15) is 0 Å². The van der Waals surface area contributed by atoms with Gasteiger partial charge in [0.15, 0.2) is 0 Å². The summed E-state index contributed by atoms with van der Waals surface area (Å²) in [6.07, 6.45) is 0. The first kappa shape index (κ1) is 42.6. The van der Waals surface area contributed by atoms with E-state index in [-0.39, 0.29) is 12.0 Å². The molecule has 12 rings (SSSR count). The number of benzene rings is 12. The van der Waals surface area contributed by atoms with Crippen LogP contribution in [0.15, 0.2) is 218 Å². The van der Waals surface area contributed by atoms with E-state index in [1.165, 1.54) is 97.7 Å². The van der Waals surface area contributed by atoms with E-state index in [0.29, 0.717) is 13.2 Å². The second-order valence-corrected chi connectivity index (χ2v) is 17.6. The van der Waals surface area contributed by atoms with E-state index in [0.717, 1.165) is 22.5 Å². The molecule has 0 saturated heterocycles. The lowest BCUT2D eigenvalue weighted by atomic mass is 9.82. The Balaban J connectivity index is 0.00000250. The van der Waals surface area contributed by atoms with Gasteiger partial charge < -0.3 is 22.1 Å². The highest BCUT2D eigenvalue weighted by atomic mass is 15.0. The minimum atomic E-state index is -0.308. The Morgan fingerprint density at radius 1 is 0.353 bits per heavy atom. The minimum Gasteiger partial charge on any atom is -0.381 e. The summed E-state index contributed by atoms with van der Waals surface area (Å²) < 4.78 is 0. The van der Waals surface area contributed by atoms with Crippen molar-refractivity contribution in [3.8, 4) is 0 Å². The van der Waals surface area contributed by atoms with Crippen molar-refractivity contribution < 1.29 is 0 Å². The van der Waals surface area contributed by atoms with Gasteiger partial charge in [-0.1, -0.05) is 202 Å². The number of rotatable bonds is 10. The van der Waals surface area contributed by atoms with Crippen molar-refractivity contribution in [2.45, 2.75) is 32.4 Å². The number of hydrogen-bond acceptors (Lipinski definition) is 4. The van der Waals surface area contributed by atoms with Crippen LogP contribution in [0.2, 0.25) is 0 Å². The standard InChI is InChI=1S/C62H48N4.C2H6/c63-38-66-59-23-11-9-21-55(59)61(43-29-31-53-49-17-3-1-13-45(49)47-15-5-7-19-51(47)57(53)35-43)42-28-27-40-33-39(25-26-41(40)34-42)37-65-60-24-12-10-22-56(60)62(64)44-30-32-54-50-18-4-2-14-46(50)48-16-6-8-20-52(48)58(54)36-44;1-2/h1-36,61-62,65-66H,37-38,63-64H2;1-2H3. The van der Waals surface area contributed by atoms with E-state index in [1.807, 2.05) is 13.8 Å². The molecule has 68 heavy (non-hydrogen) atoms. The molecule has 330 valence electrons. The van der Waals surface area contributed by atoms with Crippen LogP contribution in [0.1, 0.15) is 59.2 Å². The van der Waals surface area contributed by atoms with E-state index < -0.39 is 0 Å². The van der Waals surface area contributed by atoms with Crippen LogP contribution in [-0.4, -0.2) is 6.67 Å². The van der Waals surface area contributed by atoms with Gasteiger partial charge in [0.2, 0.25) is 0 Å². The van der Waals surface area contributed by atoms with Gasteiger partial charge in [-0.2, -0.15) is 0 Å². The fourth-order valence-corrected chi connectivity index (χ4v) is 10.7. The lowest BCUT2D eigenvalue weighted by molar-refractivity contribution is 0.872. The predicted molar refractivity (Wildman–Crippen MR) is 293 cm³/mol. The molecule has 0 radical (unpaired) electrons. The largest absolute Gasteiger partial charge is 0.381 e. The van der Waals surface area contributed by atoms with E-state index in [2.05, 4.69) is 229 Å². The van der Waals surface area contributed by atoms with Crippen LogP contribution in [0.5, 0.6) is 0 Å². The molecule has 4 heteroatoms. The van der Waals surface area contributed by atoms with Crippen LogP contribution in [0, 0.1) is 0 Å². The van der Waals surface area contributed by atoms with Gasteiger partial charge >= 0.3 is 0 Å². The van der Waals surface area contributed by atoms with Gasteiger partial charge in [0.05, 0.1) is 12.7 Å². The molecule has 0 aliphatic carbocycles. The first-order valence-corrected chi connectivity index (χ1v) is 23.9. The lowest BCUT2D eigenvalue weighted by Crippen LogP contribution is -2.14. The molecule has 2 atom stereocenters. The van der Waals surface area contributed by atoms with Crippen molar-refractivity contribution >= 4 is 86.8 Å². The highest BCUT2D eigenvalue weighted by molar-refractivity contribution is 6.26. The van der Waals surface area contributed by atoms with Gasteiger partial charge in [-0.05, 0) is 139 Å². The number of fused-ring (bicyclic) bond motifs is 13. The number of para-hydroxylation sites is 2. The first-order valence-electron chi connectivity index (χ1n) is 23.9. The maximum absolute atomic E-state index is 7.18. The third-order valence-electron chi connectivity index (χ3n) is 13.8. The van der Waals surface area contributed by atoms with Crippen LogP contribution in [0.3, 0.4) is 0 Å². The molecule has 2 unspecified atom stereocenters. The number of nitrogens with two attached hydrogens (primary N) is 2. The summed E-state index contributed by atoms with van der Waals surface area (Å²) in [7, 11) is 0. The van der Waals surface area contributed by atoms with Gasteiger partial charge in [-0.3, -0.25) is 0 Å². The quantitative estimate of drug-likeness (QED) is 0.0627. The van der Waals surface area contributed by atoms with Gasteiger partial charge in [-0.25, -0.2) is 0 Å². The summed E-state index contributed by atoms with van der Waals surface area (Å²) in [5.74, 6) is -0.0398. The van der Waals surface area contributed by atoms with Gasteiger partial charge in [0, 0.05) is 23.8 Å². The zero-order valence-corrected chi connectivity index (χ0v) is 38.5. The van der Waals surface area contributed by atoms with E-state index >= 15 is 0 Å². The Labute approximate surface area is 397 Å². The van der Waals surface area contributed by atoms with Gasteiger partial charge in [-0.15, -0.1) is 0 Å². The minimum absolute atomic E-state index is 0.0398. The maximum atomic E-state index is 7.18. The maximum Gasteiger partial charge on any atom is 0.0628 e. The molecule has 0 aliphatic rings. The summed E-state index contributed by atoms with van der Waals surface area (Å²) >= 11 is 0. The SMILES string of the molecule is CC.NCNc1ccccc1C(c1ccc2cc(CNc3ccccc3C(N)c3ccc4c5ccccc5c5ccccc5c4c3)ccc2c1)c1ccc2c3ccccc3c3ccccc3c2c1. The lowest BCUT2D eigenvalue weighted by Gasteiger charge is -2.24. The molecule has 0 bridgehead atoms. The molecule has 0 heterocycles. The number of nitrogens with one attached hydrogen (secondary N) is 2. The van der Waals surface area contributed by atoms with Crippen LogP contribution >= 0.6 is 0 Å². The fourth-order valence-electron chi connectivity index (χ4n) is 10.7. The summed E-state index contributed by atoms with van der Waals surface area (Å²) in [6.45, 7) is 5.01. The fraction of sp³-hybridized carbons (Fsp3) is 0.0938. The van der Waals surface area contributed by atoms with E-state index in [1.54, 1.807) is 0 Å². The number of anilines is 2. The monoisotopic (exact) mass is 878 g/mol. The molecule has 12 aromatic carbocycles. The van der Waals surface area contributed by atoms with Gasteiger partial charge in [0.1, 0.15) is 0 Å². The average molecular weight is 879 g/mol. The second-order valence-electron chi connectivity index (χ2n) is 17.6. The highest BCUT2D eigenvalue weighted by Crippen LogP contribution is 2.42. The predicted octanol–water partition coefficient (Wildman–Crippen LogP) is 16.0. The van der Waals surface area contributed by atoms with Crippen LogP contribution in [0.4, 0.5) is 11.4 Å². The summed E-state index contributed by atoms with van der Waals surface area (Å²) in [6, 6.07) is 79.2. The molecule has 0 aliphatic heterocycles. The van der Waals surface area contributed by atoms with Crippen LogP contribution in [-0.2, 0) is 6.54 Å². The first-order chi connectivity index (χ1) is 33.6. The molecule has 12 aromatic rings. The average Bonchev–Trinajstić information content (AvgIpc) is 3.41. The highest BCUT2D eigenvalue weighted by Gasteiger charge is 2.22.